The molecule has 0 spiro atoms. The van der Waals surface area contributed by atoms with Crippen molar-refractivity contribution in [3.05, 3.63) is 58.0 Å². The van der Waals surface area contributed by atoms with E-state index in [1.807, 2.05) is 18.2 Å². The Morgan fingerprint density at radius 2 is 2.00 bits per heavy atom. The summed E-state index contributed by atoms with van der Waals surface area (Å²) in [5.41, 5.74) is 2.96. The summed E-state index contributed by atoms with van der Waals surface area (Å²) < 4.78 is 16.1. The highest BCUT2D eigenvalue weighted by Gasteiger charge is 2.37. The van der Waals surface area contributed by atoms with Gasteiger partial charge in [0, 0.05) is 13.1 Å². The highest BCUT2D eigenvalue weighted by molar-refractivity contribution is 8.18. The highest BCUT2D eigenvalue weighted by Crippen LogP contribution is 2.43. The van der Waals surface area contributed by atoms with Crippen molar-refractivity contribution in [1.82, 2.24) is 9.80 Å². The molecule has 164 valence electrons. The normalized spacial score (nSPS) is 18.3. The molecular formula is C23H20N2O6S. The van der Waals surface area contributed by atoms with Crippen molar-refractivity contribution in [2.24, 2.45) is 0 Å². The molecular weight excluding hydrogens is 432 g/mol. The van der Waals surface area contributed by atoms with Crippen LogP contribution < -0.4 is 14.2 Å². The molecule has 3 heterocycles. The lowest BCUT2D eigenvalue weighted by Gasteiger charge is -2.29. The Balaban J connectivity index is 1.31. The van der Waals surface area contributed by atoms with Crippen LogP contribution in [0.25, 0.3) is 6.08 Å². The molecule has 0 bridgehead atoms. The lowest BCUT2D eigenvalue weighted by molar-refractivity contribution is -0.136. The number of carbonyl (C=O) groups excluding carboxylic acids is 3. The maximum Gasteiger partial charge on any atom is 0.294 e. The number of imide groups is 1. The van der Waals surface area contributed by atoms with E-state index in [2.05, 4.69) is 6.07 Å². The van der Waals surface area contributed by atoms with Gasteiger partial charge in [0.05, 0.1) is 12.0 Å². The number of rotatable bonds is 4. The minimum Gasteiger partial charge on any atom is -0.493 e. The van der Waals surface area contributed by atoms with Gasteiger partial charge in [-0.25, -0.2) is 0 Å². The fourth-order valence-corrected chi connectivity index (χ4v) is 4.80. The number of benzene rings is 2. The quantitative estimate of drug-likeness (QED) is 0.659. The largest absolute Gasteiger partial charge is 0.493 e. The molecule has 3 aliphatic rings. The second-order valence-corrected chi connectivity index (χ2v) is 8.55. The third kappa shape index (κ3) is 3.69. The van der Waals surface area contributed by atoms with Crippen molar-refractivity contribution in [2.45, 2.75) is 13.0 Å². The molecule has 3 amide bonds. The van der Waals surface area contributed by atoms with Gasteiger partial charge in [-0.2, -0.15) is 0 Å². The van der Waals surface area contributed by atoms with Crippen molar-refractivity contribution in [1.29, 1.82) is 0 Å². The number of amides is 3. The first-order valence-electron chi connectivity index (χ1n) is 10.1. The van der Waals surface area contributed by atoms with Crippen LogP contribution in [0.5, 0.6) is 17.2 Å². The van der Waals surface area contributed by atoms with E-state index in [1.54, 1.807) is 23.1 Å². The molecule has 32 heavy (non-hydrogen) atoms. The van der Waals surface area contributed by atoms with E-state index in [0.717, 1.165) is 28.6 Å². The standard InChI is InChI=1S/C23H20N2O6S/c1-29-17-8-14(9-18-21(17)31-13-30-18)10-19-22(27)25(23(28)32-19)12-20(26)24-7-6-15-4-2-3-5-16(15)11-24/h2-5,8-10H,6-7,11-13H2,1H3. The molecule has 0 radical (unpaired) electrons. The van der Waals surface area contributed by atoms with Crippen LogP contribution in [0.1, 0.15) is 16.7 Å². The molecule has 2 aromatic carbocycles. The van der Waals surface area contributed by atoms with E-state index in [4.69, 9.17) is 14.2 Å². The zero-order chi connectivity index (χ0) is 22.2. The molecule has 0 unspecified atom stereocenters. The van der Waals surface area contributed by atoms with Gasteiger partial charge in [-0.15, -0.1) is 0 Å². The molecule has 8 nitrogen and oxygen atoms in total. The first-order valence-corrected chi connectivity index (χ1v) is 10.9. The van der Waals surface area contributed by atoms with Crippen molar-refractivity contribution < 1.29 is 28.6 Å². The first-order chi connectivity index (χ1) is 15.5. The summed E-state index contributed by atoms with van der Waals surface area (Å²) in [4.78, 5) is 41.2. The summed E-state index contributed by atoms with van der Waals surface area (Å²) in [6, 6.07) is 11.4. The SMILES string of the molecule is COc1cc(C=C2SC(=O)N(CC(=O)N3CCc4ccccc4C3)C2=O)cc2c1OCO2. The van der Waals surface area contributed by atoms with Gasteiger partial charge in [-0.3, -0.25) is 19.3 Å². The number of nitrogens with zero attached hydrogens (tertiary/aromatic N) is 2. The van der Waals surface area contributed by atoms with E-state index in [0.29, 0.717) is 35.9 Å². The molecule has 0 aliphatic carbocycles. The average Bonchev–Trinajstić information content (AvgIpc) is 3.38. The van der Waals surface area contributed by atoms with Crippen molar-refractivity contribution in [3.63, 3.8) is 0 Å². The molecule has 0 aromatic heterocycles. The molecule has 1 fully saturated rings. The van der Waals surface area contributed by atoms with Crippen LogP contribution in [0.4, 0.5) is 4.79 Å². The van der Waals surface area contributed by atoms with Gasteiger partial charge in [-0.05, 0) is 53.1 Å². The molecule has 9 heteroatoms. The summed E-state index contributed by atoms with van der Waals surface area (Å²) in [6.45, 7) is 0.875. The fourth-order valence-electron chi connectivity index (χ4n) is 3.96. The number of carbonyl (C=O) groups is 3. The van der Waals surface area contributed by atoms with Crippen LogP contribution in [0.3, 0.4) is 0 Å². The smallest absolute Gasteiger partial charge is 0.294 e. The topological polar surface area (TPSA) is 85.4 Å². The maximum absolute atomic E-state index is 12.9. The van der Waals surface area contributed by atoms with Crippen LogP contribution in [-0.4, -0.2) is 53.8 Å². The highest BCUT2D eigenvalue weighted by atomic mass is 32.2. The van der Waals surface area contributed by atoms with E-state index in [9.17, 15) is 14.4 Å². The van der Waals surface area contributed by atoms with Gasteiger partial charge < -0.3 is 19.1 Å². The second-order valence-electron chi connectivity index (χ2n) is 7.56. The second kappa shape index (κ2) is 8.23. The van der Waals surface area contributed by atoms with E-state index < -0.39 is 11.1 Å². The summed E-state index contributed by atoms with van der Waals surface area (Å²) >= 11 is 0.815. The minimum atomic E-state index is -0.484. The molecule has 3 aliphatic heterocycles. The number of ether oxygens (including phenoxy) is 3. The van der Waals surface area contributed by atoms with Crippen LogP contribution in [-0.2, 0) is 22.6 Å². The Kier molecular flexibility index (Phi) is 5.26. The van der Waals surface area contributed by atoms with Crippen molar-refractivity contribution >= 4 is 34.9 Å². The predicted molar refractivity (Wildman–Crippen MR) is 117 cm³/mol. The number of methoxy groups -OCH3 is 1. The van der Waals surface area contributed by atoms with Crippen molar-refractivity contribution in [2.75, 3.05) is 27.0 Å². The Hall–Kier alpha value is -3.46. The Morgan fingerprint density at radius 3 is 2.81 bits per heavy atom. The summed E-state index contributed by atoms with van der Waals surface area (Å²) in [5.74, 6) is 0.767. The number of hydrogen-bond donors (Lipinski definition) is 0. The van der Waals surface area contributed by atoms with E-state index in [1.165, 1.54) is 12.7 Å². The van der Waals surface area contributed by atoms with Gasteiger partial charge in [0.2, 0.25) is 18.4 Å². The maximum atomic E-state index is 12.9. The lowest BCUT2D eigenvalue weighted by atomic mass is 10.00. The van der Waals surface area contributed by atoms with Gasteiger partial charge in [0.1, 0.15) is 6.54 Å². The summed E-state index contributed by atoms with van der Waals surface area (Å²) in [5, 5.41) is -0.459. The zero-order valence-electron chi connectivity index (χ0n) is 17.3. The predicted octanol–water partition coefficient (Wildman–Crippen LogP) is 3.05. The molecule has 0 N–H and O–H groups in total. The molecule has 1 saturated heterocycles. The Morgan fingerprint density at radius 1 is 1.19 bits per heavy atom. The van der Waals surface area contributed by atoms with Gasteiger partial charge >= 0.3 is 0 Å². The average molecular weight is 452 g/mol. The fraction of sp³-hybridized carbons (Fsp3) is 0.261. The third-order valence-corrected chi connectivity index (χ3v) is 6.54. The van der Waals surface area contributed by atoms with Crippen molar-refractivity contribution in [3.8, 4) is 17.2 Å². The van der Waals surface area contributed by atoms with E-state index in [-0.39, 0.29) is 24.2 Å². The first kappa shape index (κ1) is 20.4. The van der Waals surface area contributed by atoms with Gasteiger partial charge in [-0.1, -0.05) is 24.3 Å². The van der Waals surface area contributed by atoms with Gasteiger partial charge in [0.25, 0.3) is 11.1 Å². The summed E-state index contributed by atoms with van der Waals surface area (Å²) in [6.07, 6.45) is 2.35. The molecule has 2 aromatic rings. The Bertz CT molecular complexity index is 1160. The van der Waals surface area contributed by atoms with Gasteiger partial charge in [0.15, 0.2) is 11.5 Å². The monoisotopic (exact) mass is 452 g/mol. The summed E-state index contributed by atoms with van der Waals surface area (Å²) in [7, 11) is 1.51. The van der Waals surface area contributed by atoms with Crippen LogP contribution in [0.15, 0.2) is 41.3 Å². The van der Waals surface area contributed by atoms with E-state index >= 15 is 0 Å². The number of thioether (sulfide) groups is 1. The zero-order valence-corrected chi connectivity index (χ0v) is 18.1. The lowest BCUT2D eigenvalue weighted by Crippen LogP contribution is -2.44. The molecule has 0 saturated carbocycles. The number of hydrogen-bond acceptors (Lipinski definition) is 7. The molecule has 0 atom stereocenters. The van der Waals surface area contributed by atoms with Crippen LogP contribution in [0, 0.1) is 0 Å². The minimum absolute atomic E-state index is 0.0920. The van der Waals surface area contributed by atoms with Crippen LogP contribution >= 0.6 is 11.8 Å². The third-order valence-electron chi connectivity index (χ3n) is 5.63. The molecule has 5 rings (SSSR count). The number of fused-ring (bicyclic) bond motifs is 2. The Labute approximate surface area is 188 Å². The van der Waals surface area contributed by atoms with Crippen LogP contribution in [0.2, 0.25) is 0 Å².